The number of nitrogens with one attached hydrogen (secondary N) is 1. The molecule has 2 N–H and O–H groups in total. The van der Waals surface area contributed by atoms with Crippen molar-refractivity contribution in [3.05, 3.63) is 69.9 Å². The van der Waals surface area contributed by atoms with E-state index in [1.54, 1.807) is 23.5 Å². The van der Waals surface area contributed by atoms with Crippen molar-refractivity contribution in [2.75, 3.05) is 13.2 Å². The van der Waals surface area contributed by atoms with Gasteiger partial charge < -0.3 is 19.9 Å². The number of halogens is 1. The van der Waals surface area contributed by atoms with E-state index in [2.05, 4.69) is 10.7 Å². The van der Waals surface area contributed by atoms with Crippen molar-refractivity contribution in [3.63, 3.8) is 0 Å². The first-order valence-corrected chi connectivity index (χ1v) is 10.7. The van der Waals surface area contributed by atoms with Crippen LogP contribution in [0.15, 0.2) is 52.9 Å². The summed E-state index contributed by atoms with van der Waals surface area (Å²) in [6.45, 7) is 2.72. The van der Waals surface area contributed by atoms with Gasteiger partial charge in [-0.3, -0.25) is 4.79 Å². The third-order valence-electron chi connectivity index (χ3n) is 4.93. The number of aliphatic hydroxyl groups is 1. The molecule has 29 heavy (non-hydrogen) atoms. The minimum atomic E-state index is -0.562. The van der Waals surface area contributed by atoms with E-state index in [1.807, 2.05) is 24.4 Å². The maximum atomic E-state index is 13.0. The van der Waals surface area contributed by atoms with Gasteiger partial charge in [-0.1, -0.05) is 12.1 Å². The molecule has 2 aromatic rings. The Morgan fingerprint density at radius 2 is 2.10 bits per heavy atom. The molecule has 0 radical (unpaired) electrons. The van der Waals surface area contributed by atoms with E-state index in [1.165, 1.54) is 12.1 Å². The van der Waals surface area contributed by atoms with Crippen molar-refractivity contribution < 1.29 is 23.8 Å². The Kier molecular flexibility index (Phi) is 7.80. The molecule has 0 saturated carbocycles. The Morgan fingerprint density at radius 3 is 2.76 bits per heavy atom. The fraction of sp³-hybridized carbons (Fsp3) is 0.409. The van der Waals surface area contributed by atoms with Crippen molar-refractivity contribution in [3.8, 4) is 0 Å². The predicted octanol–water partition coefficient (Wildman–Crippen LogP) is 3.95. The second-order valence-corrected chi connectivity index (χ2v) is 7.67. The zero-order valence-corrected chi connectivity index (χ0v) is 17.2. The number of amides is 1. The summed E-state index contributed by atoms with van der Waals surface area (Å²) >= 11 is 1.60. The van der Waals surface area contributed by atoms with Gasteiger partial charge in [0.05, 0.1) is 0 Å². The first-order chi connectivity index (χ1) is 14.1. The molecule has 0 spiro atoms. The minimum Gasteiger partial charge on any atom is -0.459 e. The molecule has 1 amide bonds. The lowest BCUT2D eigenvalue weighted by Crippen LogP contribution is -2.38. The molecule has 1 aliphatic heterocycles. The van der Waals surface area contributed by atoms with Crippen LogP contribution in [-0.4, -0.2) is 30.5 Å². The van der Waals surface area contributed by atoms with Crippen LogP contribution in [0, 0.1) is 11.7 Å². The van der Waals surface area contributed by atoms with E-state index < -0.39 is 6.29 Å². The first kappa shape index (κ1) is 21.5. The lowest BCUT2D eigenvalue weighted by atomic mass is 9.81. The van der Waals surface area contributed by atoms with Gasteiger partial charge >= 0.3 is 0 Å². The van der Waals surface area contributed by atoms with Crippen LogP contribution >= 0.6 is 11.3 Å². The Bertz CT molecular complexity index is 807. The highest BCUT2D eigenvalue weighted by Gasteiger charge is 2.37. The third-order valence-corrected chi connectivity index (χ3v) is 5.63. The summed E-state index contributed by atoms with van der Waals surface area (Å²) in [7, 11) is 0. The maximum Gasteiger partial charge on any atom is 0.286 e. The summed E-state index contributed by atoms with van der Waals surface area (Å²) in [6, 6.07) is 8.03. The molecule has 1 aliphatic rings. The van der Waals surface area contributed by atoms with Gasteiger partial charge in [-0.25, -0.2) is 4.39 Å². The fourth-order valence-corrected chi connectivity index (χ4v) is 4.19. The van der Waals surface area contributed by atoms with Gasteiger partial charge in [0.15, 0.2) is 5.76 Å². The van der Waals surface area contributed by atoms with Gasteiger partial charge in [0, 0.05) is 31.6 Å². The number of carbonyl (C=O) groups excluding carboxylic acids is 1. The molecule has 5 nitrogen and oxygen atoms in total. The number of thiophene rings is 1. The van der Waals surface area contributed by atoms with Crippen LogP contribution in [-0.2, 0) is 20.8 Å². The second kappa shape index (κ2) is 10.5. The molecule has 1 aromatic heterocycles. The average molecular weight is 420 g/mol. The molecule has 7 heteroatoms. The standard InChI is InChI=1S/C22H26FNO4S/c1-2-27-22-18(4-3-10-25)19(16-9-11-29-14-16)12-20(28-22)21(26)24-13-15-5-7-17(23)8-6-15/h5-9,11-12,14,18-19,22,25H,2-4,10,13H2,1H3,(H,24,26)/t18-,19-,22-/m0/s1. The summed E-state index contributed by atoms with van der Waals surface area (Å²) in [5.74, 6) is -0.456. The summed E-state index contributed by atoms with van der Waals surface area (Å²) in [5.41, 5.74) is 1.91. The van der Waals surface area contributed by atoms with Crippen LogP contribution in [0.4, 0.5) is 4.39 Å². The number of aliphatic hydroxyl groups excluding tert-OH is 1. The van der Waals surface area contributed by atoms with E-state index in [0.717, 1.165) is 17.5 Å². The predicted molar refractivity (Wildman–Crippen MR) is 110 cm³/mol. The number of carbonyl (C=O) groups is 1. The number of hydrogen-bond acceptors (Lipinski definition) is 5. The SMILES string of the molecule is CCO[C@H]1OC(C(=O)NCc2ccc(F)cc2)=C[C@@H](c2ccsc2)[C@@H]1CCCO. The Balaban J connectivity index is 1.78. The van der Waals surface area contributed by atoms with E-state index in [0.29, 0.717) is 13.0 Å². The fourth-order valence-electron chi connectivity index (χ4n) is 3.48. The highest BCUT2D eigenvalue weighted by molar-refractivity contribution is 7.08. The Morgan fingerprint density at radius 1 is 1.31 bits per heavy atom. The summed E-state index contributed by atoms with van der Waals surface area (Å²) in [5, 5.41) is 16.2. The van der Waals surface area contributed by atoms with Gasteiger partial charge in [0.1, 0.15) is 5.82 Å². The van der Waals surface area contributed by atoms with Crippen molar-refractivity contribution in [1.29, 1.82) is 0 Å². The molecule has 0 aliphatic carbocycles. The van der Waals surface area contributed by atoms with Crippen molar-refractivity contribution in [2.45, 2.75) is 38.5 Å². The topological polar surface area (TPSA) is 67.8 Å². The molecule has 0 bridgehead atoms. The molecular weight excluding hydrogens is 393 g/mol. The average Bonchev–Trinajstić information content (AvgIpc) is 3.26. The molecule has 0 unspecified atom stereocenters. The first-order valence-electron chi connectivity index (χ1n) is 9.78. The molecular formula is C22H26FNO4S. The van der Waals surface area contributed by atoms with E-state index >= 15 is 0 Å². The number of rotatable bonds is 9. The molecule has 156 valence electrons. The number of hydrogen-bond donors (Lipinski definition) is 2. The monoisotopic (exact) mass is 419 g/mol. The zero-order chi connectivity index (χ0) is 20.6. The lowest BCUT2D eigenvalue weighted by molar-refractivity contribution is -0.166. The molecule has 3 atom stereocenters. The second-order valence-electron chi connectivity index (χ2n) is 6.89. The van der Waals surface area contributed by atoms with Gasteiger partial charge in [-0.15, -0.1) is 0 Å². The van der Waals surface area contributed by atoms with E-state index in [4.69, 9.17) is 9.47 Å². The third kappa shape index (κ3) is 5.65. The van der Waals surface area contributed by atoms with Crippen molar-refractivity contribution in [2.24, 2.45) is 5.92 Å². The van der Waals surface area contributed by atoms with Crippen LogP contribution in [0.2, 0.25) is 0 Å². The van der Waals surface area contributed by atoms with Crippen LogP contribution in [0.1, 0.15) is 36.8 Å². The van der Waals surface area contributed by atoms with E-state index in [9.17, 15) is 14.3 Å². The van der Waals surface area contributed by atoms with Crippen LogP contribution in [0.5, 0.6) is 0 Å². The Hall–Kier alpha value is -2.22. The van der Waals surface area contributed by atoms with Crippen LogP contribution in [0.25, 0.3) is 0 Å². The number of ether oxygens (including phenoxy) is 2. The van der Waals surface area contributed by atoms with Gasteiger partial charge in [0.25, 0.3) is 5.91 Å². The number of allylic oxidation sites excluding steroid dienone is 1. The smallest absolute Gasteiger partial charge is 0.286 e. The highest BCUT2D eigenvalue weighted by Crippen LogP contribution is 2.40. The quantitative estimate of drug-likeness (QED) is 0.646. The van der Waals surface area contributed by atoms with E-state index in [-0.39, 0.29) is 42.5 Å². The molecule has 3 rings (SSSR count). The lowest BCUT2D eigenvalue weighted by Gasteiger charge is -2.36. The summed E-state index contributed by atoms with van der Waals surface area (Å²) in [4.78, 5) is 12.8. The normalized spacial score (nSPS) is 21.3. The zero-order valence-electron chi connectivity index (χ0n) is 16.3. The molecule has 1 aromatic carbocycles. The summed E-state index contributed by atoms with van der Waals surface area (Å²) in [6.07, 6.45) is 2.65. The largest absolute Gasteiger partial charge is 0.459 e. The summed E-state index contributed by atoms with van der Waals surface area (Å²) < 4.78 is 24.8. The molecule has 0 fully saturated rings. The maximum absolute atomic E-state index is 13.0. The molecule has 0 saturated heterocycles. The van der Waals surface area contributed by atoms with Crippen molar-refractivity contribution in [1.82, 2.24) is 5.32 Å². The number of benzene rings is 1. The van der Waals surface area contributed by atoms with Gasteiger partial charge in [-0.2, -0.15) is 11.3 Å². The van der Waals surface area contributed by atoms with Gasteiger partial charge in [0.2, 0.25) is 6.29 Å². The van der Waals surface area contributed by atoms with Gasteiger partial charge in [-0.05, 0) is 65.9 Å². The minimum absolute atomic E-state index is 0.00495. The van der Waals surface area contributed by atoms with Crippen LogP contribution < -0.4 is 5.32 Å². The van der Waals surface area contributed by atoms with Crippen molar-refractivity contribution >= 4 is 17.2 Å². The Labute approximate surface area is 174 Å². The highest BCUT2D eigenvalue weighted by atomic mass is 32.1. The molecule has 2 heterocycles. The van der Waals surface area contributed by atoms with Crippen LogP contribution in [0.3, 0.4) is 0 Å².